The zero-order chi connectivity index (χ0) is 32.9. The SMILES string of the molecule is C.C.CCCC1OCCc2ccc3c(c21)CCO3.CCC[C@@H]1OCCc2ccc3c(c21)CCO3.CCC[C@H]1OCCc2ccc3c(c21)CCO3. The second-order valence-electron chi connectivity index (χ2n) is 13.8. The Bertz CT molecular complexity index is 1380. The number of fused-ring (bicyclic) bond motifs is 9. The van der Waals surface area contributed by atoms with Gasteiger partial charge in [0.2, 0.25) is 0 Å². The van der Waals surface area contributed by atoms with Crippen LogP contribution < -0.4 is 14.2 Å². The molecule has 3 atom stereocenters. The van der Waals surface area contributed by atoms with Crippen LogP contribution in [0.25, 0.3) is 0 Å². The van der Waals surface area contributed by atoms with Crippen LogP contribution in [-0.2, 0) is 52.7 Å². The van der Waals surface area contributed by atoms with Gasteiger partial charge in [0.15, 0.2) is 0 Å². The van der Waals surface area contributed by atoms with Crippen molar-refractivity contribution in [2.24, 2.45) is 0 Å². The third-order valence-corrected chi connectivity index (χ3v) is 10.7. The monoisotopic (exact) mass is 686 g/mol. The Labute approximate surface area is 302 Å². The van der Waals surface area contributed by atoms with Crippen LogP contribution in [0.2, 0.25) is 0 Å². The minimum absolute atomic E-state index is 0. The highest BCUT2D eigenvalue weighted by Gasteiger charge is 2.30. The summed E-state index contributed by atoms with van der Waals surface area (Å²) in [6.07, 6.45) is 14.2. The Morgan fingerprint density at radius 2 is 0.720 bits per heavy atom. The minimum atomic E-state index is 0. The fraction of sp³-hybridized carbons (Fsp3) is 0.591. The van der Waals surface area contributed by atoms with Crippen LogP contribution in [0.1, 0.15) is 143 Å². The van der Waals surface area contributed by atoms with Gasteiger partial charge in [0.25, 0.3) is 0 Å². The van der Waals surface area contributed by atoms with Crippen molar-refractivity contribution in [1.82, 2.24) is 0 Å². The number of hydrogen-bond donors (Lipinski definition) is 0. The van der Waals surface area contributed by atoms with Crippen molar-refractivity contribution < 1.29 is 28.4 Å². The molecule has 3 aromatic carbocycles. The van der Waals surface area contributed by atoms with E-state index in [4.69, 9.17) is 28.4 Å². The average molecular weight is 687 g/mol. The molecular weight excluding hydrogens is 624 g/mol. The van der Waals surface area contributed by atoms with Gasteiger partial charge in [0.05, 0.1) is 58.0 Å². The highest BCUT2D eigenvalue weighted by Crippen LogP contribution is 2.42. The molecule has 0 N–H and O–H groups in total. The molecule has 0 aromatic heterocycles. The second-order valence-corrected chi connectivity index (χ2v) is 13.8. The summed E-state index contributed by atoms with van der Waals surface area (Å²) < 4.78 is 34.6. The van der Waals surface area contributed by atoms with Crippen molar-refractivity contribution in [3.63, 3.8) is 0 Å². The summed E-state index contributed by atoms with van der Waals surface area (Å²) in [5, 5.41) is 0. The molecule has 274 valence electrons. The number of rotatable bonds is 6. The lowest BCUT2D eigenvalue weighted by Gasteiger charge is -2.27. The van der Waals surface area contributed by atoms with E-state index in [0.29, 0.717) is 18.3 Å². The van der Waals surface area contributed by atoms with Crippen molar-refractivity contribution in [3.8, 4) is 17.2 Å². The lowest BCUT2D eigenvalue weighted by molar-refractivity contribution is 0.0354. The van der Waals surface area contributed by atoms with Gasteiger partial charge in [-0.3, -0.25) is 0 Å². The molecule has 0 aliphatic carbocycles. The topological polar surface area (TPSA) is 55.4 Å². The molecule has 1 unspecified atom stereocenters. The smallest absolute Gasteiger partial charge is 0.123 e. The maximum absolute atomic E-state index is 5.91. The predicted octanol–water partition coefficient (Wildman–Crippen LogP) is 10.4. The maximum atomic E-state index is 5.91. The Balaban J connectivity index is 0.000000143. The van der Waals surface area contributed by atoms with Crippen LogP contribution in [0.15, 0.2) is 36.4 Å². The Morgan fingerprint density at radius 3 is 1.00 bits per heavy atom. The first kappa shape index (κ1) is 38.2. The summed E-state index contributed by atoms with van der Waals surface area (Å²) in [5.74, 6) is 3.26. The molecule has 0 radical (unpaired) electrons. The highest BCUT2D eigenvalue weighted by atomic mass is 16.5. The third-order valence-electron chi connectivity index (χ3n) is 10.7. The Hall–Kier alpha value is -3.06. The van der Waals surface area contributed by atoms with E-state index in [1.165, 1.54) is 69.3 Å². The summed E-state index contributed by atoms with van der Waals surface area (Å²) in [6, 6.07) is 13.1. The van der Waals surface area contributed by atoms with Gasteiger partial charge in [0.1, 0.15) is 17.2 Å². The van der Waals surface area contributed by atoms with E-state index in [9.17, 15) is 0 Å². The first-order chi connectivity index (χ1) is 23.7. The molecule has 3 aromatic rings. The van der Waals surface area contributed by atoms with E-state index >= 15 is 0 Å². The summed E-state index contributed by atoms with van der Waals surface area (Å²) in [7, 11) is 0. The Kier molecular flexibility index (Phi) is 13.7. The summed E-state index contributed by atoms with van der Waals surface area (Å²) >= 11 is 0. The molecular formula is C44H62O6. The van der Waals surface area contributed by atoms with Gasteiger partial charge in [-0.15, -0.1) is 0 Å². The fourth-order valence-corrected chi connectivity index (χ4v) is 8.56. The van der Waals surface area contributed by atoms with Crippen LogP contribution in [0.4, 0.5) is 0 Å². The molecule has 9 rings (SSSR count). The van der Waals surface area contributed by atoms with Crippen LogP contribution in [0.5, 0.6) is 17.2 Å². The first-order valence-corrected chi connectivity index (χ1v) is 18.9. The van der Waals surface area contributed by atoms with E-state index in [1.54, 1.807) is 0 Å². The van der Waals surface area contributed by atoms with Crippen LogP contribution in [0.3, 0.4) is 0 Å². The normalized spacial score (nSPS) is 21.5. The molecule has 0 saturated heterocycles. The van der Waals surface area contributed by atoms with E-state index in [0.717, 1.165) is 115 Å². The quantitative estimate of drug-likeness (QED) is 0.257. The third kappa shape index (κ3) is 7.88. The molecule has 0 saturated carbocycles. The lowest BCUT2D eigenvalue weighted by Crippen LogP contribution is -2.17. The van der Waals surface area contributed by atoms with E-state index in [1.807, 2.05) is 0 Å². The van der Waals surface area contributed by atoms with Crippen molar-refractivity contribution in [1.29, 1.82) is 0 Å². The molecule has 6 nitrogen and oxygen atoms in total. The largest absolute Gasteiger partial charge is 0.493 e. The molecule has 0 bridgehead atoms. The van der Waals surface area contributed by atoms with Gasteiger partial charge in [0, 0.05) is 36.0 Å². The highest BCUT2D eigenvalue weighted by molar-refractivity contribution is 5.51. The van der Waals surface area contributed by atoms with Gasteiger partial charge in [-0.2, -0.15) is 0 Å². The number of ether oxygens (including phenoxy) is 6. The molecule has 6 aliphatic rings. The molecule has 0 spiro atoms. The molecule has 50 heavy (non-hydrogen) atoms. The molecule has 0 fully saturated rings. The van der Waals surface area contributed by atoms with Crippen molar-refractivity contribution in [3.05, 3.63) is 86.5 Å². The van der Waals surface area contributed by atoms with Crippen LogP contribution >= 0.6 is 0 Å². The van der Waals surface area contributed by atoms with Gasteiger partial charge < -0.3 is 28.4 Å². The van der Waals surface area contributed by atoms with Crippen molar-refractivity contribution in [2.75, 3.05) is 39.6 Å². The number of hydrogen-bond acceptors (Lipinski definition) is 6. The lowest BCUT2D eigenvalue weighted by atomic mass is 9.89. The second kappa shape index (κ2) is 17.9. The molecule has 6 heteroatoms. The summed E-state index contributed by atoms with van der Waals surface area (Å²) in [5.41, 5.74) is 13.0. The fourth-order valence-electron chi connectivity index (χ4n) is 8.56. The Morgan fingerprint density at radius 1 is 0.420 bits per heavy atom. The minimum Gasteiger partial charge on any atom is -0.493 e. The van der Waals surface area contributed by atoms with Gasteiger partial charge in [-0.25, -0.2) is 0 Å². The summed E-state index contributed by atoms with van der Waals surface area (Å²) in [4.78, 5) is 0. The van der Waals surface area contributed by atoms with E-state index in [2.05, 4.69) is 57.2 Å². The molecule has 6 aliphatic heterocycles. The van der Waals surface area contributed by atoms with Crippen molar-refractivity contribution >= 4 is 0 Å². The number of benzene rings is 3. The van der Waals surface area contributed by atoms with Crippen molar-refractivity contribution in [2.45, 2.75) is 131 Å². The average Bonchev–Trinajstić information content (AvgIpc) is 3.91. The van der Waals surface area contributed by atoms with Gasteiger partial charge >= 0.3 is 0 Å². The summed E-state index contributed by atoms with van der Waals surface area (Å²) in [6.45, 7) is 11.8. The van der Waals surface area contributed by atoms with E-state index < -0.39 is 0 Å². The van der Waals surface area contributed by atoms with Gasteiger partial charge in [-0.1, -0.05) is 73.1 Å². The molecule has 6 heterocycles. The maximum Gasteiger partial charge on any atom is 0.123 e. The van der Waals surface area contributed by atoms with Crippen LogP contribution in [0, 0.1) is 0 Å². The first-order valence-electron chi connectivity index (χ1n) is 18.9. The zero-order valence-electron chi connectivity index (χ0n) is 29.4. The van der Waals surface area contributed by atoms with E-state index in [-0.39, 0.29) is 14.9 Å². The zero-order valence-corrected chi connectivity index (χ0v) is 29.4. The predicted molar refractivity (Wildman–Crippen MR) is 202 cm³/mol. The molecule has 0 amide bonds. The standard InChI is InChI=1S/3C14H18O2.2CH4/c3*1-2-3-13-14-10(6-8-16-13)4-5-12-11(14)7-9-15-12;;/h3*4-5,13H,2-3,6-9H2,1H3;2*1H4/t2*13-;;;/m10.../s1. The van der Waals surface area contributed by atoms with Gasteiger partial charge in [-0.05, 0) is 90.1 Å². The van der Waals surface area contributed by atoms with Crippen LogP contribution in [-0.4, -0.2) is 39.6 Å².